The van der Waals surface area contributed by atoms with Crippen molar-refractivity contribution in [2.45, 2.75) is 37.6 Å². The molecule has 1 rings (SSSR count). The Morgan fingerprint density at radius 1 is 1.33 bits per heavy atom. The molecule has 1 aliphatic heterocycles. The highest BCUT2D eigenvalue weighted by Crippen LogP contribution is 2.19. The lowest BCUT2D eigenvalue weighted by atomic mass is 9.96. The van der Waals surface area contributed by atoms with Crippen molar-refractivity contribution in [3.8, 4) is 0 Å². The fourth-order valence-electron chi connectivity index (χ4n) is 1.51. The van der Waals surface area contributed by atoms with Crippen LogP contribution < -0.4 is 5.32 Å². The van der Waals surface area contributed by atoms with Gasteiger partial charge in [0.15, 0.2) is 6.29 Å². The number of nitrogens with one attached hydrogen (secondary N) is 1. The highest BCUT2D eigenvalue weighted by molar-refractivity contribution is 5.73. The zero-order valence-electron chi connectivity index (χ0n) is 8.20. The molecule has 0 aromatic carbocycles. The first kappa shape index (κ1) is 12.3. The number of amides is 1. The van der Waals surface area contributed by atoms with Gasteiger partial charge < -0.3 is 30.5 Å². The number of ether oxygens (including phenoxy) is 1. The first-order chi connectivity index (χ1) is 6.97. The molecular weight excluding hydrogens is 206 g/mol. The number of aliphatic hydroxyl groups is 4. The molecule has 1 saturated heterocycles. The van der Waals surface area contributed by atoms with Crippen LogP contribution in [0, 0.1) is 0 Å². The number of carbonyl (C=O) groups excluding carboxylic acids is 1. The van der Waals surface area contributed by atoms with E-state index in [0.717, 1.165) is 0 Å². The van der Waals surface area contributed by atoms with E-state index in [4.69, 9.17) is 14.9 Å². The molecule has 0 bridgehead atoms. The predicted molar refractivity (Wildman–Crippen MR) is 47.6 cm³/mol. The van der Waals surface area contributed by atoms with Gasteiger partial charge in [0.2, 0.25) is 5.91 Å². The van der Waals surface area contributed by atoms with Gasteiger partial charge >= 0.3 is 0 Å². The fraction of sp³-hybridized carbons (Fsp3) is 0.875. The SMILES string of the molecule is CC(=O)NC1C(CO)OC(O)C(O)C1O. The summed E-state index contributed by atoms with van der Waals surface area (Å²) >= 11 is 0. The summed E-state index contributed by atoms with van der Waals surface area (Å²) in [6.07, 6.45) is -5.40. The van der Waals surface area contributed by atoms with Crippen molar-refractivity contribution in [1.82, 2.24) is 5.32 Å². The standard InChI is InChI=1S/C8H15NO6/c1-3(11)9-5-4(2-10)15-8(14)7(13)6(5)12/h4-8,10,12-14H,2H2,1H3,(H,9,11). The van der Waals surface area contributed by atoms with Crippen molar-refractivity contribution in [2.24, 2.45) is 0 Å². The van der Waals surface area contributed by atoms with Crippen LogP contribution in [0.3, 0.4) is 0 Å². The number of hydrogen-bond acceptors (Lipinski definition) is 6. The van der Waals surface area contributed by atoms with E-state index in [1.807, 2.05) is 0 Å². The van der Waals surface area contributed by atoms with E-state index in [0.29, 0.717) is 0 Å². The van der Waals surface area contributed by atoms with Crippen molar-refractivity contribution in [3.05, 3.63) is 0 Å². The summed E-state index contributed by atoms with van der Waals surface area (Å²) in [7, 11) is 0. The Kier molecular flexibility index (Phi) is 4.00. The molecule has 1 amide bonds. The number of hydrogen-bond donors (Lipinski definition) is 5. The summed E-state index contributed by atoms with van der Waals surface area (Å²) in [6, 6.07) is -0.939. The second kappa shape index (κ2) is 4.86. The van der Waals surface area contributed by atoms with Crippen LogP contribution in [0.2, 0.25) is 0 Å². The summed E-state index contributed by atoms with van der Waals surface area (Å²) in [5.41, 5.74) is 0. The van der Waals surface area contributed by atoms with Gasteiger partial charge in [0.05, 0.1) is 12.6 Å². The minimum absolute atomic E-state index is 0.426. The molecule has 15 heavy (non-hydrogen) atoms. The molecule has 88 valence electrons. The van der Waals surface area contributed by atoms with Gasteiger partial charge in [-0.3, -0.25) is 4.79 Å². The zero-order valence-corrected chi connectivity index (χ0v) is 8.20. The smallest absolute Gasteiger partial charge is 0.217 e. The van der Waals surface area contributed by atoms with Gasteiger partial charge in [0, 0.05) is 6.92 Å². The van der Waals surface area contributed by atoms with Crippen molar-refractivity contribution >= 4 is 5.91 Å². The molecule has 0 aromatic rings. The first-order valence-electron chi connectivity index (χ1n) is 4.55. The molecule has 1 heterocycles. The Hall–Kier alpha value is -0.730. The minimum atomic E-state index is -1.57. The summed E-state index contributed by atoms with van der Waals surface area (Å²) in [4.78, 5) is 10.8. The van der Waals surface area contributed by atoms with Gasteiger partial charge in [-0.05, 0) is 0 Å². The van der Waals surface area contributed by atoms with Gasteiger partial charge in [-0.1, -0.05) is 0 Å². The van der Waals surface area contributed by atoms with Crippen molar-refractivity contribution < 1.29 is 30.0 Å². The van der Waals surface area contributed by atoms with Crippen LogP contribution in [-0.4, -0.2) is 63.6 Å². The maximum atomic E-state index is 10.8. The van der Waals surface area contributed by atoms with Crippen molar-refractivity contribution in [2.75, 3.05) is 6.61 Å². The van der Waals surface area contributed by atoms with Crippen LogP contribution in [0.25, 0.3) is 0 Å². The quantitative estimate of drug-likeness (QED) is 0.337. The first-order valence-corrected chi connectivity index (χ1v) is 4.55. The molecule has 5 unspecified atom stereocenters. The summed E-state index contributed by atoms with van der Waals surface area (Å²) in [6.45, 7) is 0.754. The third-order valence-corrected chi connectivity index (χ3v) is 2.27. The lowest BCUT2D eigenvalue weighted by Crippen LogP contribution is -2.64. The topological polar surface area (TPSA) is 119 Å². The van der Waals surface area contributed by atoms with E-state index in [9.17, 15) is 15.0 Å². The van der Waals surface area contributed by atoms with Crippen LogP contribution in [0.1, 0.15) is 6.92 Å². The van der Waals surface area contributed by atoms with E-state index < -0.39 is 43.2 Å². The van der Waals surface area contributed by atoms with Crippen LogP contribution in [0.4, 0.5) is 0 Å². The van der Waals surface area contributed by atoms with Gasteiger partial charge in [-0.25, -0.2) is 0 Å². The zero-order chi connectivity index (χ0) is 11.6. The highest BCUT2D eigenvalue weighted by atomic mass is 16.6. The molecule has 1 fully saturated rings. The Bertz CT molecular complexity index is 233. The van der Waals surface area contributed by atoms with Gasteiger partial charge in [-0.15, -0.1) is 0 Å². The van der Waals surface area contributed by atoms with E-state index in [-0.39, 0.29) is 0 Å². The molecule has 0 aromatic heterocycles. The summed E-state index contributed by atoms with van der Waals surface area (Å²) in [5, 5.41) is 39.2. The molecule has 0 saturated carbocycles. The monoisotopic (exact) mass is 221 g/mol. The molecule has 0 spiro atoms. The van der Waals surface area contributed by atoms with E-state index >= 15 is 0 Å². The fourth-order valence-corrected chi connectivity index (χ4v) is 1.51. The van der Waals surface area contributed by atoms with Gasteiger partial charge in [-0.2, -0.15) is 0 Å². The van der Waals surface area contributed by atoms with Gasteiger partial charge in [0.1, 0.15) is 18.3 Å². The highest BCUT2D eigenvalue weighted by Gasteiger charge is 2.43. The van der Waals surface area contributed by atoms with E-state index in [2.05, 4.69) is 5.32 Å². The predicted octanol–water partition coefficient (Wildman–Crippen LogP) is -3.08. The Morgan fingerprint density at radius 3 is 2.40 bits per heavy atom. The second-order valence-corrected chi connectivity index (χ2v) is 3.46. The molecule has 0 radical (unpaired) electrons. The lowest BCUT2D eigenvalue weighted by molar-refractivity contribution is -0.262. The van der Waals surface area contributed by atoms with Crippen molar-refractivity contribution in [1.29, 1.82) is 0 Å². The van der Waals surface area contributed by atoms with Crippen LogP contribution in [0.15, 0.2) is 0 Å². The number of rotatable bonds is 2. The average Bonchev–Trinajstić information content (AvgIpc) is 2.18. The Balaban J connectivity index is 2.75. The number of carbonyl (C=O) groups is 1. The van der Waals surface area contributed by atoms with Crippen LogP contribution in [0.5, 0.6) is 0 Å². The molecule has 5 N–H and O–H groups in total. The third kappa shape index (κ3) is 2.64. The maximum Gasteiger partial charge on any atom is 0.217 e. The largest absolute Gasteiger partial charge is 0.394 e. The maximum absolute atomic E-state index is 10.8. The van der Waals surface area contributed by atoms with Crippen molar-refractivity contribution in [3.63, 3.8) is 0 Å². The molecule has 5 atom stereocenters. The Morgan fingerprint density at radius 2 is 1.93 bits per heavy atom. The summed E-state index contributed by atoms with van der Waals surface area (Å²) in [5.74, 6) is -0.426. The minimum Gasteiger partial charge on any atom is -0.394 e. The summed E-state index contributed by atoms with van der Waals surface area (Å²) < 4.78 is 4.81. The molecule has 1 aliphatic rings. The van der Waals surface area contributed by atoms with Gasteiger partial charge in [0.25, 0.3) is 0 Å². The van der Waals surface area contributed by atoms with E-state index in [1.165, 1.54) is 6.92 Å². The Labute approximate surface area is 86.3 Å². The average molecular weight is 221 g/mol. The molecular formula is C8H15NO6. The molecule has 7 nitrogen and oxygen atoms in total. The molecule has 0 aliphatic carbocycles. The molecule has 7 heteroatoms. The van der Waals surface area contributed by atoms with Crippen LogP contribution >= 0.6 is 0 Å². The second-order valence-electron chi connectivity index (χ2n) is 3.46. The normalized spacial score (nSPS) is 41.3. The third-order valence-electron chi connectivity index (χ3n) is 2.27. The lowest BCUT2D eigenvalue weighted by Gasteiger charge is -2.40. The van der Waals surface area contributed by atoms with Crippen LogP contribution in [-0.2, 0) is 9.53 Å². The van der Waals surface area contributed by atoms with E-state index in [1.54, 1.807) is 0 Å². The number of aliphatic hydroxyl groups excluding tert-OH is 4.